The molecule has 9 nitrogen and oxygen atoms in total. The lowest BCUT2D eigenvalue weighted by molar-refractivity contribution is -0.137. The molecule has 3 aliphatic heterocycles. The summed E-state index contributed by atoms with van der Waals surface area (Å²) < 4.78 is 46.5. The van der Waals surface area contributed by atoms with Gasteiger partial charge in [0.2, 0.25) is 21.8 Å². The molecule has 5 rings (SSSR count). The van der Waals surface area contributed by atoms with Gasteiger partial charge in [0.1, 0.15) is 17.9 Å². The second kappa shape index (κ2) is 10.4. The van der Waals surface area contributed by atoms with E-state index in [1.165, 1.54) is 16.4 Å². The molecule has 2 amide bonds. The number of rotatable bonds is 7. The van der Waals surface area contributed by atoms with Crippen LogP contribution in [0.2, 0.25) is 0 Å². The lowest BCUT2D eigenvalue weighted by Gasteiger charge is -2.42. The van der Waals surface area contributed by atoms with Crippen LogP contribution >= 0.6 is 0 Å². The zero-order valence-electron chi connectivity index (χ0n) is 20.5. The highest BCUT2D eigenvalue weighted by molar-refractivity contribution is 7.89. The van der Waals surface area contributed by atoms with Crippen LogP contribution in [0, 0.1) is 5.82 Å². The maximum absolute atomic E-state index is 13.8. The molecule has 37 heavy (non-hydrogen) atoms. The summed E-state index contributed by atoms with van der Waals surface area (Å²) in [5.74, 6) is -0.931. The largest absolute Gasteiger partial charge is 0.376 e. The number of para-hydroxylation sites is 1. The lowest BCUT2D eigenvalue weighted by Crippen LogP contribution is -2.57. The van der Waals surface area contributed by atoms with Crippen molar-refractivity contribution in [3.05, 3.63) is 60.4 Å². The second-order valence-corrected chi connectivity index (χ2v) is 11.7. The number of halogens is 1. The van der Waals surface area contributed by atoms with Crippen LogP contribution in [0.4, 0.5) is 10.1 Å². The zero-order valence-corrected chi connectivity index (χ0v) is 21.3. The van der Waals surface area contributed by atoms with Gasteiger partial charge in [-0.1, -0.05) is 18.2 Å². The minimum absolute atomic E-state index is 0.0118. The summed E-state index contributed by atoms with van der Waals surface area (Å²) in [6.07, 6.45) is 2.45. The standard InChI is InChI=1S/C26H31FN4O5S/c27-20-8-10-23(11-9-20)37(34,35)30-14-12-26(13-15-30)25(33)29(19-31(26)21-5-2-1-3-6-21)18-24(32)28-17-22-7-4-16-36-22/h1-3,5-6,8-11,22H,4,7,12-19H2,(H,28,32). The van der Waals surface area contributed by atoms with Gasteiger partial charge in [-0.25, -0.2) is 12.8 Å². The van der Waals surface area contributed by atoms with E-state index in [0.29, 0.717) is 13.2 Å². The molecule has 3 fully saturated rings. The normalized spacial score (nSPS) is 22.1. The van der Waals surface area contributed by atoms with Crippen molar-refractivity contribution in [2.45, 2.75) is 42.2 Å². The summed E-state index contributed by atoms with van der Waals surface area (Å²) in [7, 11) is -3.83. The number of benzene rings is 2. The molecule has 0 aliphatic carbocycles. The van der Waals surface area contributed by atoms with Crippen molar-refractivity contribution in [3.8, 4) is 0 Å². The number of nitrogens with zero attached hydrogens (tertiary/aromatic N) is 3. The first kappa shape index (κ1) is 25.6. The quantitative estimate of drug-likeness (QED) is 0.588. The van der Waals surface area contributed by atoms with Gasteiger partial charge in [0.05, 0.1) is 17.7 Å². The van der Waals surface area contributed by atoms with Crippen molar-refractivity contribution in [2.75, 3.05) is 44.4 Å². The van der Waals surface area contributed by atoms with Crippen LogP contribution < -0.4 is 10.2 Å². The number of piperidine rings is 1. The molecular weight excluding hydrogens is 499 g/mol. The Hall–Kier alpha value is -3.02. The Labute approximate surface area is 216 Å². The van der Waals surface area contributed by atoms with E-state index in [1.807, 2.05) is 35.2 Å². The highest BCUT2D eigenvalue weighted by Crippen LogP contribution is 2.40. The van der Waals surface area contributed by atoms with Gasteiger partial charge in [0, 0.05) is 31.9 Å². The number of amides is 2. The first-order valence-corrected chi connectivity index (χ1v) is 14.0. The van der Waals surface area contributed by atoms with Crippen LogP contribution in [0.1, 0.15) is 25.7 Å². The molecule has 3 saturated heterocycles. The van der Waals surface area contributed by atoms with Crippen LogP contribution in [0.3, 0.4) is 0 Å². The van der Waals surface area contributed by atoms with Gasteiger partial charge in [0.15, 0.2) is 0 Å². The van der Waals surface area contributed by atoms with Gasteiger partial charge in [-0.05, 0) is 62.1 Å². The molecule has 0 aromatic heterocycles. The Kier molecular flexibility index (Phi) is 7.19. The maximum atomic E-state index is 13.8. The van der Waals surface area contributed by atoms with Crippen LogP contribution in [-0.4, -0.2) is 80.5 Å². The Bertz CT molecular complexity index is 1230. The number of nitrogens with one attached hydrogen (secondary N) is 1. The highest BCUT2D eigenvalue weighted by atomic mass is 32.2. The van der Waals surface area contributed by atoms with Gasteiger partial charge >= 0.3 is 0 Å². The third-order valence-corrected chi connectivity index (χ3v) is 9.38. The summed E-state index contributed by atoms with van der Waals surface area (Å²) in [6.45, 7) is 1.55. The van der Waals surface area contributed by atoms with E-state index in [0.717, 1.165) is 30.7 Å². The molecule has 11 heteroatoms. The van der Waals surface area contributed by atoms with E-state index in [-0.39, 0.29) is 62.0 Å². The molecule has 2 aromatic rings. The van der Waals surface area contributed by atoms with Crippen LogP contribution in [0.25, 0.3) is 0 Å². The molecule has 198 valence electrons. The number of anilines is 1. The molecule has 1 unspecified atom stereocenters. The fourth-order valence-corrected chi connectivity index (χ4v) is 6.88. The molecule has 3 aliphatic rings. The average molecular weight is 531 g/mol. The van der Waals surface area contributed by atoms with Crippen molar-refractivity contribution in [2.24, 2.45) is 0 Å². The first-order chi connectivity index (χ1) is 17.8. The van der Waals surface area contributed by atoms with E-state index in [2.05, 4.69) is 5.32 Å². The molecule has 3 heterocycles. The molecule has 1 N–H and O–H groups in total. The van der Waals surface area contributed by atoms with E-state index in [4.69, 9.17) is 4.74 Å². The molecule has 1 atom stereocenters. The van der Waals surface area contributed by atoms with Gasteiger partial charge in [-0.3, -0.25) is 9.59 Å². The molecule has 0 radical (unpaired) electrons. The Balaban J connectivity index is 1.32. The molecule has 0 bridgehead atoms. The Morgan fingerprint density at radius 2 is 1.78 bits per heavy atom. The molecule has 0 saturated carbocycles. The summed E-state index contributed by atoms with van der Waals surface area (Å²) in [4.78, 5) is 30.0. The number of carbonyl (C=O) groups is 2. The number of ether oxygens (including phenoxy) is 1. The number of sulfonamides is 1. The lowest BCUT2D eigenvalue weighted by atomic mass is 9.86. The Morgan fingerprint density at radius 1 is 1.08 bits per heavy atom. The SMILES string of the molecule is O=C(CN1CN(c2ccccc2)C2(CCN(S(=O)(=O)c3ccc(F)cc3)CC2)C1=O)NCC1CCCO1. The average Bonchev–Trinajstić information content (AvgIpc) is 3.52. The summed E-state index contributed by atoms with van der Waals surface area (Å²) in [5, 5.41) is 2.88. The topological polar surface area (TPSA) is 99.3 Å². The minimum Gasteiger partial charge on any atom is -0.376 e. The van der Waals surface area contributed by atoms with Crippen molar-refractivity contribution >= 4 is 27.5 Å². The predicted octanol–water partition coefficient (Wildman–Crippen LogP) is 1.95. The summed E-state index contributed by atoms with van der Waals surface area (Å²) in [6, 6.07) is 14.2. The number of hydrogen-bond donors (Lipinski definition) is 1. The smallest absolute Gasteiger partial charge is 0.250 e. The van der Waals surface area contributed by atoms with Crippen LogP contribution in [0.5, 0.6) is 0 Å². The van der Waals surface area contributed by atoms with E-state index in [1.54, 1.807) is 4.90 Å². The van der Waals surface area contributed by atoms with Crippen LogP contribution in [0.15, 0.2) is 59.5 Å². The van der Waals surface area contributed by atoms with Crippen molar-refractivity contribution < 1.29 is 27.1 Å². The van der Waals surface area contributed by atoms with E-state index >= 15 is 0 Å². The van der Waals surface area contributed by atoms with E-state index in [9.17, 15) is 22.4 Å². The summed E-state index contributed by atoms with van der Waals surface area (Å²) >= 11 is 0. The third-order valence-electron chi connectivity index (χ3n) is 7.47. The highest BCUT2D eigenvalue weighted by Gasteiger charge is 2.55. The fourth-order valence-electron chi connectivity index (χ4n) is 5.44. The monoisotopic (exact) mass is 530 g/mol. The fraction of sp³-hybridized carbons (Fsp3) is 0.462. The van der Waals surface area contributed by atoms with Crippen molar-refractivity contribution in [3.63, 3.8) is 0 Å². The Morgan fingerprint density at radius 3 is 2.43 bits per heavy atom. The first-order valence-electron chi connectivity index (χ1n) is 12.6. The number of carbonyl (C=O) groups excluding carboxylic acids is 2. The van der Waals surface area contributed by atoms with Crippen LogP contribution in [-0.2, 0) is 24.3 Å². The summed E-state index contributed by atoms with van der Waals surface area (Å²) in [5.41, 5.74) is -0.113. The van der Waals surface area contributed by atoms with Gasteiger partial charge in [-0.2, -0.15) is 4.31 Å². The zero-order chi connectivity index (χ0) is 26.0. The third kappa shape index (κ3) is 5.07. The molecule has 2 aromatic carbocycles. The minimum atomic E-state index is -3.83. The molecule has 1 spiro atoms. The van der Waals surface area contributed by atoms with Gasteiger partial charge in [-0.15, -0.1) is 0 Å². The van der Waals surface area contributed by atoms with Gasteiger partial charge < -0.3 is 19.9 Å². The van der Waals surface area contributed by atoms with Gasteiger partial charge in [0.25, 0.3) is 0 Å². The van der Waals surface area contributed by atoms with Crippen molar-refractivity contribution in [1.82, 2.24) is 14.5 Å². The molecular formula is C26H31FN4O5S. The number of hydrogen-bond acceptors (Lipinski definition) is 6. The van der Waals surface area contributed by atoms with Crippen molar-refractivity contribution in [1.29, 1.82) is 0 Å². The second-order valence-electron chi connectivity index (χ2n) is 9.74. The van der Waals surface area contributed by atoms with E-state index < -0.39 is 21.4 Å². The maximum Gasteiger partial charge on any atom is 0.250 e. The predicted molar refractivity (Wildman–Crippen MR) is 135 cm³/mol.